The van der Waals surface area contributed by atoms with Crippen molar-refractivity contribution >= 4 is 23.4 Å². The van der Waals surface area contributed by atoms with E-state index in [1.54, 1.807) is 24.3 Å². The molecule has 1 rings (SSSR count). The van der Waals surface area contributed by atoms with E-state index >= 15 is 0 Å². The SMILES string of the molecule is CC[C@@H](C)[C@@H](NC(=O)c1cccc(NC(C)=O)c1)C(N)=O. The Labute approximate surface area is 124 Å². The second-order valence-electron chi connectivity index (χ2n) is 5.00. The largest absolute Gasteiger partial charge is 0.368 e. The van der Waals surface area contributed by atoms with Gasteiger partial charge in [0.1, 0.15) is 6.04 Å². The summed E-state index contributed by atoms with van der Waals surface area (Å²) < 4.78 is 0. The fourth-order valence-electron chi connectivity index (χ4n) is 1.90. The predicted molar refractivity (Wildman–Crippen MR) is 80.6 cm³/mol. The lowest BCUT2D eigenvalue weighted by atomic mass is 9.98. The average Bonchev–Trinajstić information content (AvgIpc) is 2.42. The van der Waals surface area contributed by atoms with E-state index in [9.17, 15) is 14.4 Å². The molecule has 0 aliphatic rings. The zero-order valence-corrected chi connectivity index (χ0v) is 12.5. The first-order chi connectivity index (χ1) is 9.85. The van der Waals surface area contributed by atoms with Gasteiger partial charge in [0.2, 0.25) is 11.8 Å². The Morgan fingerprint density at radius 3 is 2.48 bits per heavy atom. The summed E-state index contributed by atoms with van der Waals surface area (Å²) in [4.78, 5) is 34.6. The van der Waals surface area contributed by atoms with Gasteiger partial charge in [0.05, 0.1) is 0 Å². The molecule has 6 nitrogen and oxygen atoms in total. The van der Waals surface area contributed by atoms with Crippen LogP contribution in [0.15, 0.2) is 24.3 Å². The molecule has 2 atom stereocenters. The van der Waals surface area contributed by atoms with Gasteiger partial charge >= 0.3 is 0 Å². The van der Waals surface area contributed by atoms with Gasteiger partial charge in [-0.15, -0.1) is 0 Å². The highest BCUT2D eigenvalue weighted by molar-refractivity contribution is 5.99. The van der Waals surface area contributed by atoms with Gasteiger partial charge in [-0.05, 0) is 24.1 Å². The number of carbonyl (C=O) groups is 3. The van der Waals surface area contributed by atoms with Crippen molar-refractivity contribution in [3.63, 3.8) is 0 Å². The van der Waals surface area contributed by atoms with Gasteiger partial charge in [0, 0.05) is 18.2 Å². The molecule has 0 saturated heterocycles. The molecule has 3 amide bonds. The third-order valence-corrected chi connectivity index (χ3v) is 3.25. The third kappa shape index (κ3) is 4.91. The van der Waals surface area contributed by atoms with Crippen molar-refractivity contribution in [3.05, 3.63) is 29.8 Å². The summed E-state index contributed by atoms with van der Waals surface area (Å²) in [5.41, 5.74) is 6.20. The van der Waals surface area contributed by atoms with Crippen molar-refractivity contribution in [2.45, 2.75) is 33.2 Å². The van der Waals surface area contributed by atoms with Crippen LogP contribution in [0, 0.1) is 5.92 Å². The molecule has 0 spiro atoms. The molecule has 0 aromatic heterocycles. The van der Waals surface area contributed by atoms with Gasteiger partial charge in [-0.2, -0.15) is 0 Å². The molecule has 0 heterocycles. The quantitative estimate of drug-likeness (QED) is 0.735. The molecule has 6 heteroatoms. The van der Waals surface area contributed by atoms with E-state index in [1.807, 2.05) is 13.8 Å². The maximum absolute atomic E-state index is 12.2. The van der Waals surface area contributed by atoms with E-state index in [0.717, 1.165) is 6.42 Å². The topological polar surface area (TPSA) is 101 Å². The first-order valence-electron chi connectivity index (χ1n) is 6.83. The summed E-state index contributed by atoms with van der Waals surface area (Å²) in [6.07, 6.45) is 0.722. The fourth-order valence-corrected chi connectivity index (χ4v) is 1.90. The average molecular weight is 291 g/mol. The van der Waals surface area contributed by atoms with Crippen LogP contribution in [0.3, 0.4) is 0 Å². The molecule has 1 aromatic rings. The van der Waals surface area contributed by atoms with Gasteiger partial charge < -0.3 is 16.4 Å². The summed E-state index contributed by atoms with van der Waals surface area (Å²) in [5, 5.41) is 5.24. The molecule has 21 heavy (non-hydrogen) atoms. The number of benzene rings is 1. The standard InChI is InChI=1S/C15H21N3O3/c1-4-9(2)13(14(16)20)18-15(21)11-6-5-7-12(8-11)17-10(3)19/h5-9,13H,4H2,1-3H3,(H2,16,20)(H,17,19)(H,18,21)/t9-,13-/m1/s1. The second kappa shape index (κ2) is 7.42. The van der Waals surface area contributed by atoms with Gasteiger partial charge in [-0.3, -0.25) is 14.4 Å². The summed E-state index contributed by atoms with van der Waals surface area (Å²) in [6, 6.07) is 5.77. The van der Waals surface area contributed by atoms with E-state index < -0.39 is 17.9 Å². The zero-order valence-electron chi connectivity index (χ0n) is 12.5. The summed E-state index contributed by atoms with van der Waals surface area (Å²) in [6.45, 7) is 5.16. The highest BCUT2D eigenvalue weighted by Gasteiger charge is 2.24. The number of carbonyl (C=O) groups excluding carboxylic acids is 3. The third-order valence-electron chi connectivity index (χ3n) is 3.25. The van der Waals surface area contributed by atoms with Crippen LogP contribution in [0.5, 0.6) is 0 Å². The highest BCUT2D eigenvalue weighted by Crippen LogP contribution is 2.12. The molecule has 0 unspecified atom stereocenters. The Bertz CT molecular complexity index is 543. The number of anilines is 1. The van der Waals surface area contributed by atoms with E-state index in [1.165, 1.54) is 6.92 Å². The lowest BCUT2D eigenvalue weighted by Gasteiger charge is -2.21. The van der Waals surface area contributed by atoms with Crippen molar-refractivity contribution in [2.24, 2.45) is 11.7 Å². The van der Waals surface area contributed by atoms with Gasteiger partial charge in [0.15, 0.2) is 0 Å². The fraction of sp³-hybridized carbons (Fsp3) is 0.400. The minimum Gasteiger partial charge on any atom is -0.368 e. The van der Waals surface area contributed by atoms with Crippen LogP contribution in [-0.4, -0.2) is 23.8 Å². The molecular formula is C15H21N3O3. The van der Waals surface area contributed by atoms with E-state index in [0.29, 0.717) is 11.3 Å². The van der Waals surface area contributed by atoms with Crippen LogP contribution in [0.25, 0.3) is 0 Å². The monoisotopic (exact) mass is 291 g/mol. The molecule has 0 aliphatic heterocycles. The van der Waals surface area contributed by atoms with Crippen LogP contribution in [0.1, 0.15) is 37.6 Å². The van der Waals surface area contributed by atoms with Gasteiger partial charge in [0.25, 0.3) is 5.91 Å². The Morgan fingerprint density at radius 1 is 1.29 bits per heavy atom. The van der Waals surface area contributed by atoms with Crippen LogP contribution in [-0.2, 0) is 9.59 Å². The number of nitrogens with one attached hydrogen (secondary N) is 2. The molecule has 0 bridgehead atoms. The smallest absolute Gasteiger partial charge is 0.252 e. The zero-order chi connectivity index (χ0) is 16.0. The van der Waals surface area contributed by atoms with Crippen LogP contribution in [0.2, 0.25) is 0 Å². The second-order valence-corrected chi connectivity index (χ2v) is 5.00. The summed E-state index contributed by atoms with van der Waals surface area (Å²) >= 11 is 0. The van der Waals surface area contributed by atoms with Gasteiger partial charge in [-0.1, -0.05) is 26.3 Å². The molecule has 4 N–H and O–H groups in total. The maximum Gasteiger partial charge on any atom is 0.252 e. The normalized spacial score (nSPS) is 13.1. The number of primary amides is 1. The molecule has 0 aliphatic carbocycles. The predicted octanol–water partition coefficient (Wildman–Crippen LogP) is 1.27. The lowest BCUT2D eigenvalue weighted by Crippen LogP contribution is -2.48. The molecule has 114 valence electrons. The molecule has 0 radical (unpaired) electrons. The van der Waals surface area contributed by atoms with Crippen LogP contribution < -0.4 is 16.4 Å². The highest BCUT2D eigenvalue weighted by atomic mass is 16.2. The lowest BCUT2D eigenvalue weighted by molar-refractivity contribution is -0.121. The maximum atomic E-state index is 12.2. The van der Waals surface area contributed by atoms with Crippen LogP contribution in [0.4, 0.5) is 5.69 Å². The summed E-state index contributed by atoms with van der Waals surface area (Å²) in [7, 11) is 0. The summed E-state index contributed by atoms with van der Waals surface area (Å²) in [5.74, 6) is -1.23. The Balaban J connectivity index is 2.87. The van der Waals surface area contributed by atoms with Crippen molar-refractivity contribution in [1.29, 1.82) is 0 Å². The Kier molecular flexibility index (Phi) is 5.90. The number of amides is 3. The molecule has 1 aromatic carbocycles. The number of hydrogen-bond donors (Lipinski definition) is 3. The number of nitrogens with two attached hydrogens (primary N) is 1. The van der Waals surface area contributed by atoms with Crippen molar-refractivity contribution in [3.8, 4) is 0 Å². The molecular weight excluding hydrogens is 270 g/mol. The Hall–Kier alpha value is -2.37. The molecule has 0 saturated carbocycles. The van der Waals surface area contributed by atoms with E-state index in [-0.39, 0.29) is 11.8 Å². The van der Waals surface area contributed by atoms with Crippen molar-refractivity contribution in [1.82, 2.24) is 5.32 Å². The van der Waals surface area contributed by atoms with Gasteiger partial charge in [-0.25, -0.2) is 0 Å². The first-order valence-corrected chi connectivity index (χ1v) is 6.83. The first kappa shape index (κ1) is 16.7. The molecule has 0 fully saturated rings. The minimum atomic E-state index is -0.716. The van der Waals surface area contributed by atoms with Crippen molar-refractivity contribution < 1.29 is 14.4 Å². The Morgan fingerprint density at radius 2 is 1.95 bits per heavy atom. The number of hydrogen-bond acceptors (Lipinski definition) is 3. The van der Waals surface area contributed by atoms with E-state index in [2.05, 4.69) is 10.6 Å². The number of rotatable bonds is 6. The van der Waals surface area contributed by atoms with E-state index in [4.69, 9.17) is 5.73 Å². The van der Waals surface area contributed by atoms with Crippen molar-refractivity contribution in [2.75, 3.05) is 5.32 Å². The van der Waals surface area contributed by atoms with Crippen LogP contribution >= 0.6 is 0 Å². The minimum absolute atomic E-state index is 0.0509.